The Morgan fingerprint density at radius 2 is 0.848 bits per heavy atom. The van der Waals surface area contributed by atoms with Crippen molar-refractivity contribution in [3.63, 3.8) is 0 Å². The van der Waals surface area contributed by atoms with Gasteiger partial charge in [-0.2, -0.15) is 0 Å². The van der Waals surface area contributed by atoms with Crippen LogP contribution in [0.5, 0.6) is 0 Å². The van der Waals surface area contributed by atoms with Gasteiger partial charge in [-0.25, -0.2) is 0 Å². The van der Waals surface area contributed by atoms with Crippen molar-refractivity contribution in [1.82, 2.24) is 4.90 Å². The van der Waals surface area contributed by atoms with Crippen molar-refractivity contribution in [3.05, 3.63) is 144 Å². The molecule has 0 aliphatic rings. The smallest absolute Gasteiger partial charge is 0.324 e. The lowest BCUT2D eigenvalue weighted by Gasteiger charge is -2.41. The molecule has 0 fully saturated rings. The summed E-state index contributed by atoms with van der Waals surface area (Å²) in [6.07, 6.45) is 0.829. The molecule has 4 aromatic rings. The zero-order valence-electron chi connectivity index (χ0n) is 18.7. The summed E-state index contributed by atoms with van der Waals surface area (Å²) in [5.74, 6) is -0.804. The minimum Gasteiger partial charge on any atom is -0.480 e. The van der Waals surface area contributed by atoms with Crippen LogP contribution in [0.15, 0.2) is 121 Å². The summed E-state index contributed by atoms with van der Waals surface area (Å²) in [7, 11) is 0. The molecule has 3 nitrogen and oxygen atoms in total. The lowest BCUT2D eigenvalue weighted by atomic mass is 9.82. The van der Waals surface area contributed by atoms with Crippen LogP contribution >= 0.6 is 0 Å². The first-order valence-electron chi connectivity index (χ1n) is 11.3. The summed E-state index contributed by atoms with van der Waals surface area (Å²) in [4.78, 5) is 15.3. The van der Waals surface area contributed by atoms with Crippen molar-refractivity contribution in [2.45, 2.75) is 31.5 Å². The molecule has 0 aliphatic heterocycles. The van der Waals surface area contributed by atoms with Gasteiger partial charge in [0.15, 0.2) is 0 Å². The van der Waals surface area contributed by atoms with Crippen LogP contribution in [0, 0.1) is 0 Å². The molecule has 0 heterocycles. The second-order valence-electron chi connectivity index (χ2n) is 8.49. The lowest BCUT2D eigenvalue weighted by molar-refractivity contribution is -0.153. The van der Waals surface area contributed by atoms with Gasteiger partial charge < -0.3 is 5.11 Å². The van der Waals surface area contributed by atoms with Crippen molar-refractivity contribution in [1.29, 1.82) is 0 Å². The van der Waals surface area contributed by atoms with Gasteiger partial charge in [-0.1, -0.05) is 121 Å². The zero-order valence-corrected chi connectivity index (χ0v) is 18.7. The number of nitrogens with zero attached hydrogens (tertiary/aromatic N) is 1. The molecule has 166 valence electrons. The van der Waals surface area contributed by atoms with Crippen LogP contribution < -0.4 is 0 Å². The normalized spacial score (nSPS) is 11.4. The van der Waals surface area contributed by atoms with Crippen molar-refractivity contribution in [2.24, 2.45) is 0 Å². The molecule has 4 aromatic carbocycles. The van der Waals surface area contributed by atoms with Gasteiger partial charge in [0, 0.05) is 25.9 Å². The van der Waals surface area contributed by atoms with E-state index in [1.807, 2.05) is 97.1 Å². The predicted octanol–water partition coefficient (Wildman–Crippen LogP) is 6.00. The monoisotopic (exact) mass is 435 g/mol. The first kappa shape index (κ1) is 22.5. The molecule has 0 unspecified atom stereocenters. The molecule has 0 aliphatic carbocycles. The molecule has 0 bridgehead atoms. The maximum absolute atomic E-state index is 13.2. The molecule has 1 N–H and O–H groups in total. The Kier molecular flexibility index (Phi) is 7.33. The maximum atomic E-state index is 13.2. The van der Waals surface area contributed by atoms with Gasteiger partial charge in [0.2, 0.25) is 0 Å². The number of benzene rings is 4. The van der Waals surface area contributed by atoms with E-state index < -0.39 is 11.5 Å². The number of carboxylic acid groups (broad SMARTS) is 1. The highest BCUT2D eigenvalue weighted by Gasteiger charge is 2.44. The maximum Gasteiger partial charge on any atom is 0.324 e. The van der Waals surface area contributed by atoms with Crippen LogP contribution in [0.2, 0.25) is 0 Å². The van der Waals surface area contributed by atoms with Crippen LogP contribution in [-0.4, -0.2) is 21.5 Å². The molecule has 0 saturated heterocycles. The molecule has 0 amide bonds. The fraction of sp³-hybridized carbons (Fsp3) is 0.167. The van der Waals surface area contributed by atoms with Gasteiger partial charge in [-0.05, 0) is 22.3 Å². The first-order chi connectivity index (χ1) is 16.2. The quantitative estimate of drug-likeness (QED) is 0.332. The van der Waals surface area contributed by atoms with Crippen molar-refractivity contribution in [2.75, 3.05) is 0 Å². The Hall–Kier alpha value is -3.69. The number of aliphatic carboxylic acids is 1. The van der Waals surface area contributed by atoms with Gasteiger partial charge in [0.25, 0.3) is 0 Å². The fourth-order valence-corrected chi connectivity index (χ4v) is 4.41. The number of rotatable bonds is 10. The van der Waals surface area contributed by atoms with Crippen LogP contribution in [0.25, 0.3) is 0 Å². The van der Waals surface area contributed by atoms with E-state index in [-0.39, 0.29) is 0 Å². The molecule has 0 radical (unpaired) electrons. The summed E-state index contributed by atoms with van der Waals surface area (Å²) >= 11 is 0. The Balaban J connectivity index is 1.81. The number of carbonyl (C=O) groups is 1. The van der Waals surface area contributed by atoms with Crippen LogP contribution in [0.3, 0.4) is 0 Å². The highest BCUT2D eigenvalue weighted by molar-refractivity contribution is 5.80. The third-order valence-electron chi connectivity index (χ3n) is 6.11. The van der Waals surface area contributed by atoms with Crippen LogP contribution in [0.1, 0.15) is 22.3 Å². The molecule has 0 spiro atoms. The fourth-order valence-electron chi connectivity index (χ4n) is 4.41. The molecule has 33 heavy (non-hydrogen) atoms. The van der Waals surface area contributed by atoms with E-state index in [9.17, 15) is 9.90 Å². The van der Waals surface area contributed by atoms with E-state index in [1.54, 1.807) is 0 Å². The number of carboxylic acids is 1. The van der Waals surface area contributed by atoms with Crippen molar-refractivity contribution >= 4 is 5.97 Å². The summed E-state index contributed by atoms with van der Waals surface area (Å²) in [6.45, 7) is 1.09. The van der Waals surface area contributed by atoms with Crippen LogP contribution in [0.4, 0.5) is 0 Å². The Morgan fingerprint density at radius 1 is 0.545 bits per heavy atom. The van der Waals surface area contributed by atoms with Gasteiger partial charge in [-0.15, -0.1) is 0 Å². The average Bonchev–Trinajstić information content (AvgIpc) is 2.86. The lowest BCUT2D eigenvalue weighted by Crippen LogP contribution is -2.57. The Morgan fingerprint density at radius 3 is 1.15 bits per heavy atom. The van der Waals surface area contributed by atoms with Gasteiger partial charge in [0.1, 0.15) is 5.54 Å². The largest absolute Gasteiger partial charge is 0.480 e. The summed E-state index contributed by atoms with van der Waals surface area (Å²) in [5.41, 5.74) is 3.11. The van der Waals surface area contributed by atoms with E-state index in [4.69, 9.17) is 0 Å². The minimum atomic E-state index is -1.12. The van der Waals surface area contributed by atoms with E-state index in [1.165, 1.54) is 0 Å². The predicted molar refractivity (Wildman–Crippen MR) is 133 cm³/mol. The van der Waals surface area contributed by atoms with Gasteiger partial charge >= 0.3 is 5.97 Å². The molecule has 3 heteroatoms. The summed E-state index contributed by atoms with van der Waals surface area (Å²) in [5, 5.41) is 10.8. The first-order valence-corrected chi connectivity index (χ1v) is 11.3. The SMILES string of the molecule is O=C(O)C(Cc1ccccc1)(Cc1ccccc1)N(Cc1ccccc1)Cc1ccccc1. The Labute approximate surface area is 196 Å². The molecular formula is C30H29NO2. The topological polar surface area (TPSA) is 40.5 Å². The highest BCUT2D eigenvalue weighted by atomic mass is 16.4. The van der Waals surface area contributed by atoms with Crippen molar-refractivity contribution in [3.8, 4) is 0 Å². The third kappa shape index (κ3) is 5.76. The van der Waals surface area contributed by atoms with Gasteiger partial charge in [0.05, 0.1) is 0 Å². The summed E-state index contributed by atoms with van der Waals surface area (Å²) < 4.78 is 0. The van der Waals surface area contributed by atoms with Crippen molar-refractivity contribution < 1.29 is 9.90 Å². The average molecular weight is 436 g/mol. The molecule has 0 atom stereocenters. The number of hydrogen-bond acceptors (Lipinski definition) is 2. The standard InChI is InChI=1S/C30H29NO2/c32-29(33)30(21-25-13-5-1-6-14-25,22-26-15-7-2-8-16-26)31(23-27-17-9-3-10-18-27)24-28-19-11-4-12-20-28/h1-20H,21-24H2,(H,32,33). The third-order valence-corrected chi connectivity index (χ3v) is 6.11. The van der Waals surface area contributed by atoms with E-state index in [0.29, 0.717) is 25.9 Å². The van der Waals surface area contributed by atoms with Gasteiger partial charge in [-0.3, -0.25) is 9.69 Å². The van der Waals surface area contributed by atoms with E-state index in [2.05, 4.69) is 29.2 Å². The second kappa shape index (κ2) is 10.8. The molecular weight excluding hydrogens is 406 g/mol. The summed E-state index contributed by atoms with van der Waals surface area (Å²) in [6, 6.07) is 40.2. The minimum absolute atomic E-state index is 0.414. The van der Waals surface area contributed by atoms with E-state index >= 15 is 0 Å². The highest BCUT2D eigenvalue weighted by Crippen LogP contribution is 2.30. The van der Waals surface area contributed by atoms with Crippen LogP contribution in [-0.2, 0) is 30.7 Å². The second-order valence-corrected chi connectivity index (χ2v) is 8.49. The molecule has 0 aromatic heterocycles. The molecule has 4 rings (SSSR count). The van der Waals surface area contributed by atoms with E-state index in [0.717, 1.165) is 22.3 Å². The molecule has 0 saturated carbocycles. The Bertz CT molecular complexity index is 1050. The number of hydrogen-bond donors (Lipinski definition) is 1. The zero-order chi connectivity index (χ0) is 22.9.